The summed E-state index contributed by atoms with van der Waals surface area (Å²) in [5, 5.41) is 0. The van der Waals surface area contributed by atoms with Crippen LogP contribution >= 0.6 is 0 Å². The van der Waals surface area contributed by atoms with Gasteiger partial charge in [-0.3, -0.25) is 0 Å². The minimum absolute atomic E-state index is 0.134. The first-order valence-electron chi connectivity index (χ1n) is 5.82. The molecule has 0 bridgehead atoms. The maximum atomic E-state index is 11.6. The monoisotopic (exact) mass is 210 g/mol. The fourth-order valence-corrected chi connectivity index (χ4v) is 2.24. The molecule has 0 atom stereocenters. The molecular formula is C13H22O2. The lowest BCUT2D eigenvalue weighted by Crippen LogP contribution is -2.19. The van der Waals surface area contributed by atoms with Gasteiger partial charge < -0.3 is 4.74 Å². The van der Waals surface area contributed by atoms with E-state index in [2.05, 4.69) is 13.8 Å². The van der Waals surface area contributed by atoms with Crippen molar-refractivity contribution in [2.45, 2.75) is 53.4 Å². The van der Waals surface area contributed by atoms with Gasteiger partial charge in [0, 0.05) is 5.57 Å². The van der Waals surface area contributed by atoms with Crippen LogP contribution in [-0.4, -0.2) is 12.6 Å². The largest absolute Gasteiger partial charge is 0.463 e. The number of esters is 1. The second-order valence-electron chi connectivity index (χ2n) is 5.14. The summed E-state index contributed by atoms with van der Waals surface area (Å²) in [7, 11) is 0. The first kappa shape index (κ1) is 12.3. The fraction of sp³-hybridized carbons (Fsp3) is 0.769. The van der Waals surface area contributed by atoms with E-state index in [0.717, 1.165) is 18.4 Å². The number of hydrogen-bond acceptors (Lipinski definition) is 2. The van der Waals surface area contributed by atoms with Gasteiger partial charge in [-0.1, -0.05) is 19.4 Å². The predicted molar refractivity (Wildman–Crippen MR) is 61.6 cm³/mol. The predicted octanol–water partition coefficient (Wildman–Crippen LogP) is 3.47. The van der Waals surface area contributed by atoms with Crippen LogP contribution in [0.1, 0.15) is 53.4 Å². The molecule has 1 fully saturated rings. The van der Waals surface area contributed by atoms with Crippen molar-refractivity contribution in [2.24, 2.45) is 5.41 Å². The molecule has 0 aliphatic heterocycles. The Morgan fingerprint density at radius 3 is 2.67 bits per heavy atom. The van der Waals surface area contributed by atoms with Crippen LogP contribution in [0, 0.1) is 5.41 Å². The summed E-state index contributed by atoms with van der Waals surface area (Å²) < 4.78 is 5.03. The molecule has 86 valence electrons. The highest BCUT2D eigenvalue weighted by Gasteiger charge is 2.26. The van der Waals surface area contributed by atoms with Crippen molar-refractivity contribution in [2.75, 3.05) is 6.61 Å². The molecule has 2 heteroatoms. The number of rotatable bonds is 2. The zero-order valence-electron chi connectivity index (χ0n) is 10.4. The van der Waals surface area contributed by atoms with Gasteiger partial charge >= 0.3 is 5.97 Å². The van der Waals surface area contributed by atoms with E-state index in [9.17, 15) is 4.79 Å². The van der Waals surface area contributed by atoms with E-state index < -0.39 is 0 Å². The number of hydrogen-bond donors (Lipinski definition) is 0. The molecule has 0 saturated heterocycles. The Morgan fingerprint density at radius 2 is 2.13 bits per heavy atom. The average molecular weight is 210 g/mol. The normalized spacial score (nSPS) is 23.5. The average Bonchev–Trinajstić information content (AvgIpc) is 2.15. The number of carbonyl (C=O) groups excluding carboxylic acids is 1. The van der Waals surface area contributed by atoms with Crippen LogP contribution < -0.4 is 0 Å². The van der Waals surface area contributed by atoms with Crippen LogP contribution in [0.2, 0.25) is 0 Å². The molecule has 1 aliphatic rings. The first-order valence-corrected chi connectivity index (χ1v) is 5.82. The topological polar surface area (TPSA) is 26.3 Å². The van der Waals surface area contributed by atoms with Gasteiger partial charge in [0.15, 0.2) is 0 Å². The maximum absolute atomic E-state index is 11.6. The van der Waals surface area contributed by atoms with Gasteiger partial charge in [-0.25, -0.2) is 4.79 Å². The molecule has 0 unspecified atom stereocenters. The van der Waals surface area contributed by atoms with Gasteiger partial charge in [0.2, 0.25) is 0 Å². The van der Waals surface area contributed by atoms with Crippen LogP contribution in [0.3, 0.4) is 0 Å². The number of allylic oxidation sites excluding steroid dienone is 1. The van der Waals surface area contributed by atoms with Crippen LogP contribution in [-0.2, 0) is 9.53 Å². The summed E-state index contributed by atoms with van der Waals surface area (Å²) in [6, 6.07) is 0. The number of ether oxygens (including phenoxy) is 1. The van der Waals surface area contributed by atoms with E-state index in [0.29, 0.717) is 12.0 Å². The van der Waals surface area contributed by atoms with Gasteiger partial charge in [0.1, 0.15) is 0 Å². The first-order chi connectivity index (χ1) is 6.96. The lowest BCUT2D eigenvalue weighted by molar-refractivity contribution is -0.138. The van der Waals surface area contributed by atoms with Crippen molar-refractivity contribution in [3.8, 4) is 0 Å². The van der Waals surface area contributed by atoms with Crippen molar-refractivity contribution in [3.05, 3.63) is 11.1 Å². The zero-order valence-corrected chi connectivity index (χ0v) is 10.4. The van der Waals surface area contributed by atoms with Crippen molar-refractivity contribution >= 4 is 5.97 Å². The molecule has 2 nitrogen and oxygen atoms in total. The van der Waals surface area contributed by atoms with Crippen molar-refractivity contribution in [3.63, 3.8) is 0 Å². The maximum Gasteiger partial charge on any atom is 0.333 e. The van der Waals surface area contributed by atoms with Crippen molar-refractivity contribution < 1.29 is 9.53 Å². The van der Waals surface area contributed by atoms with E-state index in [1.807, 2.05) is 13.8 Å². The third kappa shape index (κ3) is 3.37. The standard InChI is InChI=1S/C13H22O2/c1-5-15-12(14)10(2)11-7-6-8-13(3,4)9-11/h5-9H2,1-4H3/b11-10-. The summed E-state index contributed by atoms with van der Waals surface area (Å²) in [6.45, 7) is 8.75. The van der Waals surface area contributed by atoms with Gasteiger partial charge in [-0.2, -0.15) is 0 Å². The summed E-state index contributed by atoms with van der Waals surface area (Å²) in [5.74, 6) is -0.134. The molecule has 0 N–H and O–H groups in total. The second-order valence-corrected chi connectivity index (χ2v) is 5.14. The van der Waals surface area contributed by atoms with Crippen LogP contribution in [0.25, 0.3) is 0 Å². The molecule has 1 aliphatic carbocycles. The molecule has 0 aromatic heterocycles. The molecule has 0 aromatic carbocycles. The van der Waals surface area contributed by atoms with E-state index in [1.165, 1.54) is 18.4 Å². The van der Waals surface area contributed by atoms with Gasteiger partial charge in [0.25, 0.3) is 0 Å². The summed E-state index contributed by atoms with van der Waals surface area (Å²) in [4.78, 5) is 11.6. The minimum Gasteiger partial charge on any atom is -0.463 e. The summed E-state index contributed by atoms with van der Waals surface area (Å²) in [5.41, 5.74) is 2.48. The molecule has 0 amide bonds. The Balaban J connectivity index is 2.75. The molecular weight excluding hydrogens is 188 g/mol. The van der Waals surface area contributed by atoms with E-state index >= 15 is 0 Å². The van der Waals surface area contributed by atoms with Gasteiger partial charge in [0.05, 0.1) is 6.61 Å². The molecule has 0 spiro atoms. The Bertz CT molecular complexity index is 274. The quantitative estimate of drug-likeness (QED) is 0.515. The lowest BCUT2D eigenvalue weighted by atomic mass is 9.74. The Hall–Kier alpha value is -0.790. The molecule has 15 heavy (non-hydrogen) atoms. The van der Waals surface area contributed by atoms with Crippen LogP contribution in [0.4, 0.5) is 0 Å². The van der Waals surface area contributed by atoms with Crippen LogP contribution in [0.15, 0.2) is 11.1 Å². The van der Waals surface area contributed by atoms with E-state index in [4.69, 9.17) is 4.74 Å². The van der Waals surface area contributed by atoms with Crippen LogP contribution in [0.5, 0.6) is 0 Å². The molecule has 1 rings (SSSR count). The Kier molecular flexibility index (Phi) is 3.95. The summed E-state index contributed by atoms with van der Waals surface area (Å²) in [6.07, 6.45) is 4.55. The van der Waals surface area contributed by atoms with Gasteiger partial charge in [-0.15, -0.1) is 0 Å². The van der Waals surface area contributed by atoms with Crippen molar-refractivity contribution in [1.82, 2.24) is 0 Å². The molecule has 0 heterocycles. The van der Waals surface area contributed by atoms with Gasteiger partial charge in [-0.05, 0) is 44.9 Å². The van der Waals surface area contributed by atoms with E-state index in [-0.39, 0.29) is 5.97 Å². The zero-order chi connectivity index (χ0) is 11.5. The third-order valence-corrected chi connectivity index (χ3v) is 3.14. The molecule has 0 aromatic rings. The SMILES string of the molecule is CCOC(=O)/C(C)=C1/CCCC(C)(C)C1. The third-order valence-electron chi connectivity index (χ3n) is 3.14. The summed E-state index contributed by atoms with van der Waals surface area (Å²) >= 11 is 0. The second kappa shape index (κ2) is 4.82. The Morgan fingerprint density at radius 1 is 1.47 bits per heavy atom. The fourth-order valence-electron chi connectivity index (χ4n) is 2.24. The lowest BCUT2D eigenvalue weighted by Gasteiger charge is -2.32. The highest BCUT2D eigenvalue weighted by Crippen LogP contribution is 2.39. The Labute approximate surface area is 92.7 Å². The van der Waals surface area contributed by atoms with Crippen molar-refractivity contribution in [1.29, 1.82) is 0 Å². The molecule has 0 radical (unpaired) electrons. The molecule has 1 saturated carbocycles. The minimum atomic E-state index is -0.134. The van der Waals surface area contributed by atoms with E-state index in [1.54, 1.807) is 0 Å². The smallest absolute Gasteiger partial charge is 0.333 e. The highest BCUT2D eigenvalue weighted by molar-refractivity contribution is 5.88. The highest BCUT2D eigenvalue weighted by atomic mass is 16.5. The number of carbonyl (C=O) groups is 1.